The molecule has 1 nitrogen and oxygen atoms in total. The summed E-state index contributed by atoms with van der Waals surface area (Å²) in [6.07, 6.45) is 2.35. The van der Waals surface area contributed by atoms with Crippen molar-refractivity contribution in [2.45, 2.75) is 52.6 Å². The Morgan fingerprint density at radius 3 is 2.25 bits per heavy atom. The molecule has 0 saturated carbocycles. The average Bonchev–Trinajstić information content (AvgIpc) is 2.29. The number of nitrogens with one attached hydrogen (secondary N) is 1. The lowest BCUT2D eigenvalue weighted by molar-refractivity contribution is 0.355. The Kier molecular flexibility index (Phi) is 5.54. The molecule has 1 rings (SSSR count). The Bertz CT molecular complexity index is 281. The molecule has 0 aliphatic carbocycles. The van der Waals surface area contributed by atoms with E-state index in [1.54, 1.807) is 0 Å². The Hall–Kier alpha value is -0.820. The van der Waals surface area contributed by atoms with Gasteiger partial charge in [-0.3, -0.25) is 0 Å². The van der Waals surface area contributed by atoms with E-state index in [0.717, 1.165) is 12.3 Å². The lowest BCUT2D eigenvalue weighted by Gasteiger charge is -2.24. The number of benzene rings is 1. The molecule has 90 valence electrons. The fraction of sp³-hybridized carbons (Fsp3) is 0.600. The van der Waals surface area contributed by atoms with Crippen molar-refractivity contribution in [3.63, 3.8) is 0 Å². The first kappa shape index (κ1) is 13.2. The van der Waals surface area contributed by atoms with Crippen molar-refractivity contribution in [3.05, 3.63) is 35.9 Å². The van der Waals surface area contributed by atoms with Gasteiger partial charge < -0.3 is 5.32 Å². The van der Waals surface area contributed by atoms with Gasteiger partial charge in [-0.1, -0.05) is 50.6 Å². The summed E-state index contributed by atoms with van der Waals surface area (Å²) in [5.41, 5.74) is 1.42. The first-order valence-electron chi connectivity index (χ1n) is 6.43. The largest absolute Gasteiger partial charge is 0.311 e. The van der Waals surface area contributed by atoms with E-state index in [2.05, 4.69) is 63.3 Å². The highest BCUT2D eigenvalue weighted by atomic mass is 14.9. The first-order chi connectivity index (χ1) is 7.63. The van der Waals surface area contributed by atoms with Crippen LogP contribution >= 0.6 is 0 Å². The van der Waals surface area contributed by atoms with Gasteiger partial charge in [0.2, 0.25) is 0 Å². The van der Waals surface area contributed by atoms with Gasteiger partial charge in [0.1, 0.15) is 0 Å². The van der Waals surface area contributed by atoms with Crippen LogP contribution in [0, 0.1) is 5.92 Å². The van der Waals surface area contributed by atoms with Gasteiger partial charge >= 0.3 is 0 Å². The monoisotopic (exact) mass is 219 g/mol. The van der Waals surface area contributed by atoms with Crippen molar-refractivity contribution in [1.82, 2.24) is 5.32 Å². The van der Waals surface area contributed by atoms with Crippen molar-refractivity contribution in [2.75, 3.05) is 0 Å². The van der Waals surface area contributed by atoms with Crippen molar-refractivity contribution >= 4 is 0 Å². The molecular weight excluding hydrogens is 194 g/mol. The lowest BCUT2D eigenvalue weighted by atomic mass is 9.99. The molecule has 0 bridgehead atoms. The van der Waals surface area contributed by atoms with Crippen LogP contribution in [-0.2, 0) is 6.42 Å². The summed E-state index contributed by atoms with van der Waals surface area (Å²) in [6, 6.07) is 11.8. The summed E-state index contributed by atoms with van der Waals surface area (Å²) in [5, 5.41) is 3.68. The quantitative estimate of drug-likeness (QED) is 0.770. The van der Waals surface area contributed by atoms with E-state index in [1.165, 1.54) is 12.0 Å². The Morgan fingerprint density at radius 2 is 1.69 bits per heavy atom. The van der Waals surface area contributed by atoms with E-state index < -0.39 is 0 Å². The third-order valence-electron chi connectivity index (χ3n) is 3.43. The predicted molar refractivity (Wildman–Crippen MR) is 71.7 cm³/mol. The maximum atomic E-state index is 3.68. The molecule has 3 atom stereocenters. The number of hydrogen-bond acceptors (Lipinski definition) is 1. The first-order valence-corrected chi connectivity index (χ1v) is 6.43. The van der Waals surface area contributed by atoms with Crippen LogP contribution in [0.2, 0.25) is 0 Å². The van der Waals surface area contributed by atoms with Crippen LogP contribution in [-0.4, -0.2) is 12.1 Å². The average molecular weight is 219 g/mol. The summed E-state index contributed by atoms with van der Waals surface area (Å²) in [7, 11) is 0. The molecule has 0 amide bonds. The summed E-state index contributed by atoms with van der Waals surface area (Å²) >= 11 is 0. The van der Waals surface area contributed by atoms with Crippen LogP contribution in [0.25, 0.3) is 0 Å². The molecule has 1 N–H and O–H groups in total. The summed E-state index contributed by atoms with van der Waals surface area (Å²) in [5.74, 6) is 0.748. The zero-order chi connectivity index (χ0) is 12.0. The second kappa shape index (κ2) is 6.70. The molecule has 1 aromatic carbocycles. The highest BCUT2D eigenvalue weighted by Crippen LogP contribution is 2.09. The molecule has 0 aliphatic rings. The van der Waals surface area contributed by atoms with Crippen LogP contribution < -0.4 is 5.32 Å². The van der Waals surface area contributed by atoms with E-state index >= 15 is 0 Å². The van der Waals surface area contributed by atoms with Gasteiger partial charge in [0, 0.05) is 12.1 Å². The fourth-order valence-corrected chi connectivity index (χ4v) is 1.99. The van der Waals surface area contributed by atoms with Crippen LogP contribution in [0.5, 0.6) is 0 Å². The summed E-state index contributed by atoms with van der Waals surface area (Å²) in [6.45, 7) is 9.12. The minimum Gasteiger partial charge on any atom is -0.311 e. The van der Waals surface area contributed by atoms with Gasteiger partial charge in [-0.2, -0.15) is 0 Å². The maximum Gasteiger partial charge on any atom is 0.00817 e. The van der Waals surface area contributed by atoms with Crippen molar-refractivity contribution < 1.29 is 0 Å². The highest BCUT2D eigenvalue weighted by Gasteiger charge is 2.12. The normalized spacial score (nSPS) is 16.8. The zero-order valence-electron chi connectivity index (χ0n) is 11.0. The van der Waals surface area contributed by atoms with Crippen molar-refractivity contribution in [3.8, 4) is 0 Å². The second-order valence-corrected chi connectivity index (χ2v) is 4.93. The molecule has 0 saturated heterocycles. The molecule has 1 heteroatoms. The highest BCUT2D eigenvalue weighted by molar-refractivity contribution is 5.15. The third-order valence-corrected chi connectivity index (χ3v) is 3.43. The van der Waals surface area contributed by atoms with E-state index in [9.17, 15) is 0 Å². The Labute approximate surface area is 100 Å². The second-order valence-electron chi connectivity index (χ2n) is 4.93. The summed E-state index contributed by atoms with van der Waals surface area (Å²) < 4.78 is 0. The Balaban J connectivity index is 2.39. The van der Waals surface area contributed by atoms with Crippen molar-refractivity contribution in [1.29, 1.82) is 0 Å². The van der Waals surface area contributed by atoms with Crippen LogP contribution in [0.4, 0.5) is 0 Å². The minimum absolute atomic E-state index is 0.548. The minimum atomic E-state index is 0.548. The molecule has 0 heterocycles. The SMILES string of the molecule is CCC(C)C(C)NC(C)Cc1ccccc1. The smallest absolute Gasteiger partial charge is 0.00817 e. The van der Waals surface area contributed by atoms with Crippen molar-refractivity contribution in [2.24, 2.45) is 5.92 Å². The van der Waals surface area contributed by atoms with Crippen LogP contribution in [0.15, 0.2) is 30.3 Å². The number of rotatable bonds is 6. The topological polar surface area (TPSA) is 12.0 Å². The van der Waals surface area contributed by atoms with Crippen LogP contribution in [0.3, 0.4) is 0 Å². The molecule has 0 aromatic heterocycles. The molecule has 16 heavy (non-hydrogen) atoms. The van der Waals surface area contributed by atoms with E-state index in [0.29, 0.717) is 12.1 Å². The molecule has 0 aliphatic heterocycles. The van der Waals surface area contributed by atoms with Gasteiger partial charge in [0.25, 0.3) is 0 Å². The number of hydrogen-bond donors (Lipinski definition) is 1. The third kappa shape index (κ3) is 4.36. The lowest BCUT2D eigenvalue weighted by Crippen LogP contribution is -2.39. The van der Waals surface area contributed by atoms with Gasteiger partial charge in [0.15, 0.2) is 0 Å². The fourth-order valence-electron chi connectivity index (χ4n) is 1.99. The Morgan fingerprint density at radius 1 is 1.06 bits per heavy atom. The predicted octanol–water partition coefficient (Wildman–Crippen LogP) is 3.64. The van der Waals surface area contributed by atoms with Gasteiger partial charge in [0.05, 0.1) is 0 Å². The standard InChI is InChI=1S/C15H25N/c1-5-12(2)14(4)16-13(3)11-15-9-7-6-8-10-15/h6-10,12-14,16H,5,11H2,1-4H3. The van der Waals surface area contributed by atoms with E-state index in [4.69, 9.17) is 0 Å². The van der Waals surface area contributed by atoms with Crippen LogP contribution in [0.1, 0.15) is 39.7 Å². The van der Waals surface area contributed by atoms with E-state index in [-0.39, 0.29) is 0 Å². The molecule has 1 aromatic rings. The van der Waals surface area contributed by atoms with E-state index in [1.807, 2.05) is 0 Å². The molecular formula is C15H25N. The zero-order valence-corrected chi connectivity index (χ0v) is 11.0. The molecule has 0 radical (unpaired) electrons. The molecule has 0 fully saturated rings. The van der Waals surface area contributed by atoms with Gasteiger partial charge in [-0.05, 0) is 31.7 Å². The van der Waals surface area contributed by atoms with Gasteiger partial charge in [-0.25, -0.2) is 0 Å². The van der Waals surface area contributed by atoms with Gasteiger partial charge in [-0.15, -0.1) is 0 Å². The summed E-state index contributed by atoms with van der Waals surface area (Å²) in [4.78, 5) is 0. The maximum absolute atomic E-state index is 3.68. The molecule has 3 unspecified atom stereocenters. The molecule has 0 spiro atoms.